The molecule has 0 aliphatic carbocycles. The Morgan fingerprint density at radius 3 is 2.88 bits per heavy atom. The molecule has 2 atom stereocenters. The van der Waals surface area contributed by atoms with Crippen molar-refractivity contribution in [2.24, 2.45) is 11.8 Å². The molecule has 2 N–H and O–H groups in total. The summed E-state index contributed by atoms with van der Waals surface area (Å²) in [7, 11) is 0. The predicted molar refractivity (Wildman–Crippen MR) is 68.3 cm³/mol. The maximum absolute atomic E-state index is 12.9. The van der Waals surface area contributed by atoms with Crippen LogP contribution in [0.1, 0.15) is 6.92 Å². The second kappa shape index (κ2) is 5.14. The van der Waals surface area contributed by atoms with Crippen molar-refractivity contribution in [2.75, 3.05) is 18.4 Å². The zero-order valence-electron chi connectivity index (χ0n) is 9.47. The second-order valence-electron chi connectivity index (χ2n) is 4.36. The number of rotatable bonds is 2. The Morgan fingerprint density at radius 2 is 2.29 bits per heavy atom. The average Bonchev–Trinajstić information content (AvgIpc) is 2.68. The van der Waals surface area contributed by atoms with Gasteiger partial charge in [0.15, 0.2) is 0 Å². The topological polar surface area (TPSA) is 41.1 Å². The van der Waals surface area contributed by atoms with Crippen molar-refractivity contribution in [3.05, 3.63) is 28.5 Å². The average molecular weight is 301 g/mol. The summed E-state index contributed by atoms with van der Waals surface area (Å²) in [5.74, 6) is -0.0400. The molecule has 1 amide bonds. The van der Waals surface area contributed by atoms with E-state index >= 15 is 0 Å². The van der Waals surface area contributed by atoms with Crippen LogP contribution in [0.25, 0.3) is 0 Å². The zero-order chi connectivity index (χ0) is 12.4. The summed E-state index contributed by atoms with van der Waals surface area (Å²) in [5.41, 5.74) is 0.607. The van der Waals surface area contributed by atoms with E-state index in [1.54, 1.807) is 6.07 Å². The summed E-state index contributed by atoms with van der Waals surface area (Å²) in [6, 6.07) is 4.23. The van der Waals surface area contributed by atoms with Crippen molar-refractivity contribution in [1.82, 2.24) is 5.32 Å². The first-order valence-corrected chi connectivity index (χ1v) is 6.34. The molecule has 5 heteroatoms. The van der Waals surface area contributed by atoms with Gasteiger partial charge in [-0.05, 0) is 46.6 Å². The minimum Gasteiger partial charge on any atom is -0.325 e. The van der Waals surface area contributed by atoms with E-state index in [0.717, 1.165) is 6.54 Å². The SMILES string of the molecule is CC1CNCC1C(=O)Nc1ccc(F)cc1Br. The smallest absolute Gasteiger partial charge is 0.229 e. The van der Waals surface area contributed by atoms with E-state index in [0.29, 0.717) is 22.6 Å². The van der Waals surface area contributed by atoms with Crippen LogP contribution in [0.2, 0.25) is 0 Å². The molecule has 92 valence electrons. The molecule has 2 rings (SSSR count). The number of carbonyl (C=O) groups excluding carboxylic acids is 1. The van der Waals surface area contributed by atoms with Crippen LogP contribution in [0.4, 0.5) is 10.1 Å². The Labute approximate surface area is 108 Å². The Balaban J connectivity index is 2.07. The van der Waals surface area contributed by atoms with Crippen LogP contribution in [0.5, 0.6) is 0 Å². The summed E-state index contributed by atoms with van der Waals surface area (Å²) in [5, 5.41) is 6.00. The van der Waals surface area contributed by atoms with Crippen molar-refractivity contribution in [1.29, 1.82) is 0 Å². The van der Waals surface area contributed by atoms with Crippen LogP contribution in [0.15, 0.2) is 22.7 Å². The van der Waals surface area contributed by atoms with E-state index in [-0.39, 0.29) is 17.6 Å². The van der Waals surface area contributed by atoms with Gasteiger partial charge in [0.05, 0.1) is 11.6 Å². The van der Waals surface area contributed by atoms with Gasteiger partial charge in [-0.3, -0.25) is 4.79 Å². The fraction of sp³-hybridized carbons (Fsp3) is 0.417. The molecule has 1 aromatic carbocycles. The fourth-order valence-electron chi connectivity index (χ4n) is 1.98. The van der Waals surface area contributed by atoms with E-state index in [1.165, 1.54) is 12.1 Å². The highest BCUT2D eigenvalue weighted by Crippen LogP contribution is 2.25. The first-order valence-electron chi connectivity index (χ1n) is 5.54. The van der Waals surface area contributed by atoms with Gasteiger partial charge >= 0.3 is 0 Å². The normalized spacial score (nSPS) is 23.7. The molecule has 1 aliphatic rings. The largest absolute Gasteiger partial charge is 0.325 e. The lowest BCUT2D eigenvalue weighted by atomic mass is 9.97. The molecule has 3 nitrogen and oxygen atoms in total. The number of hydrogen-bond donors (Lipinski definition) is 2. The van der Waals surface area contributed by atoms with E-state index < -0.39 is 0 Å². The molecule has 1 aliphatic heterocycles. The second-order valence-corrected chi connectivity index (χ2v) is 5.21. The van der Waals surface area contributed by atoms with Crippen LogP contribution >= 0.6 is 15.9 Å². The summed E-state index contributed by atoms with van der Waals surface area (Å²) >= 11 is 3.23. The summed E-state index contributed by atoms with van der Waals surface area (Å²) in [4.78, 5) is 12.0. The lowest BCUT2D eigenvalue weighted by Crippen LogP contribution is -2.27. The van der Waals surface area contributed by atoms with Gasteiger partial charge in [0.1, 0.15) is 5.82 Å². The molecule has 0 radical (unpaired) electrons. The Kier molecular flexibility index (Phi) is 3.79. The van der Waals surface area contributed by atoms with Gasteiger partial charge in [-0.1, -0.05) is 6.92 Å². The van der Waals surface area contributed by atoms with Gasteiger partial charge in [-0.15, -0.1) is 0 Å². The van der Waals surface area contributed by atoms with Gasteiger partial charge in [0.25, 0.3) is 0 Å². The Hall–Kier alpha value is -0.940. The number of amides is 1. The number of benzene rings is 1. The number of nitrogens with one attached hydrogen (secondary N) is 2. The van der Waals surface area contributed by atoms with Crippen molar-refractivity contribution in [3.8, 4) is 0 Å². The fourth-order valence-corrected chi connectivity index (χ4v) is 2.43. The molecule has 1 aromatic rings. The highest BCUT2D eigenvalue weighted by atomic mass is 79.9. The molecule has 1 saturated heterocycles. The third-order valence-electron chi connectivity index (χ3n) is 3.04. The molecule has 1 heterocycles. The van der Waals surface area contributed by atoms with E-state index in [2.05, 4.69) is 26.6 Å². The third kappa shape index (κ3) is 2.84. The van der Waals surface area contributed by atoms with Crippen molar-refractivity contribution >= 4 is 27.5 Å². The number of hydrogen-bond acceptors (Lipinski definition) is 2. The van der Waals surface area contributed by atoms with Gasteiger partial charge in [-0.25, -0.2) is 4.39 Å². The zero-order valence-corrected chi connectivity index (χ0v) is 11.1. The molecular formula is C12H14BrFN2O. The van der Waals surface area contributed by atoms with Gasteiger partial charge in [0.2, 0.25) is 5.91 Å². The van der Waals surface area contributed by atoms with E-state index in [1.807, 2.05) is 6.92 Å². The lowest BCUT2D eigenvalue weighted by molar-refractivity contribution is -0.120. The van der Waals surface area contributed by atoms with Gasteiger partial charge < -0.3 is 10.6 Å². The van der Waals surface area contributed by atoms with Crippen molar-refractivity contribution < 1.29 is 9.18 Å². The molecule has 0 aromatic heterocycles. The van der Waals surface area contributed by atoms with Crippen LogP contribution in [0, 0.1) is 17.7 Å². The van der Waals surface area contributed by atoms with Gasteiger partial charge in [-0.2, -0.15) is 0 Å². The highest BCUT2D eigenvalue weighted by Gasteiger charge is 2.29. The standard InChI is InChI=1S/C12H14BrFN2O/c1-7-5-15-6-9(7)12(17)16-11-3-2-8(14)4-10(11)13/h2-4,7,9,15H,5-6H2,1H3,(H,16,17). The first-order chi connectivity index (χ1) is 8.08. The quantitative estimate of drug-likeness (QED) is 0.880. The number of carbonyl (C=O) groups is 1. The first kappa shape index (κ1) is 12.5. The number of anilines is 1. The molecule has 1 fully saturated rings. The van der Waals surface area contributed by atoms with Crippen molar-refractivity contribution in [2.45, 2.75) is 6.92 Å². The summed E-state index contributed by atoms with van der Waals surface area (Å²) in [6.07, 6.45) is 0. The van der Waals surface area contributed by atoms with Crippen LogP contribution in [-0.4, -0.2) is 19.0 Å². The maximum atomic E-state index is 12.9. The summed E-state index contributed by atoms with van der Waals surface area (Å²) in [6.45, 7) is 3.61. The molecular weight excluding hydrogens is 287 g/mol. The van der Waals surface area contributed by atoms with Crippen molar-refractivity contribution in [3.63, 3.8) is 0 Å². The van der Waals surface area contributed by atoms with Gasteiger partial charge in [0, 0.05) is 11.0 Å². The van der Waals surface area contributed by atoms with Crippen LogP contribution in [0.3, 0.4) is 0 Å². The molecule has 0 saturated carbocycles. The Bertz CT molecular complexity index is 439. The minimum atomic E-state index is -0.328. The van der Waals surface area contributed by atoms with Crippen LogP contribution < -0.4 is 10.6 Å². The highest BCUT2D eigenvalue weighted by molar-refractivity contribution is 9.10. The van der Waals surface area contributed by atoms with E-state index in [9.17, 15) is 9.18 Å². The minimum absolute atomic E-state index is 0.0187. The molecule has 17 heavy (non-hydrogen) atoms. The van der Waals surface area contributed by atoms with Crippen LogP contribution in [-0.2, 0) is 4.79 Å². The predicted octanol–water partition coefficient (Wildman–Crippen LogP) is 2.38. The monoisotopic (exact) mass is 300 g/mol. The lowest BCUT2D eigenvalue weighted by Gasteiger charge is -2.15. The summed E-state index contributed by atoms with van der Waals surface area (Å²) < 4.78 is 13.5. The van der Waals surface area contributed by atoms with E-state index in [4.69, 9.17) is 0 Å². The molecule has 0 bridgehead atoms. The Morgan fingerprint density at radius 1 is 1.53 bits per heavy atom. The third-order valence-corrected chi connectivity index (χ3v) is 3.70. The number of halogens is 2. The molecule has 2 unspecified atom stereocenters. The maximum Gasteiger partial charge on any atom is 0.229 e. The molecule has 0 spiro atoms.